The van der Waals surface area contributed by atoms with E-state index >= 15 is 0 Å². The minimum absolute atomic E-state index is 0.454. The third-order valence-electron chi connectivity index (χ3n) is 5.97. The van der Waals surface area contributed by atoms with Gasteiger partial charge in [0.1, 0.15) is 11.0 Å². The van der Waals surface area contributed by atoms with Crippen LogP contribution in [-0.4, -0.2) is 8.75 Å². The molecule has 2 aromatic carbocycles. The predicted octanol–water partition coefficient (Wildman–Crippen LogP) is 7.95. The number of nitriles is 1. The average molecular weight is 526 g/mol. The van der Waals surface area contributed by atoms with Crippen LogP contribution >= 0.6 is 34.8 Å². The molecule has 36 heavy (non-hydrogen) atoms. The number of nitrogen functional groups attached to an aromatic ring is 2. The number of anilines is 2. The number of hydrogen-bond acceptors (Lipinski definition) is 8. The molecule has 0 spiro atoms. The van der Waals surface area contributed by atoms with E-state index in [0.717, 1.165) is 55.9 Å². The number of nitrogens with two attached hydrogens (primary N) is 2. The highest BCUT2D eigenvalue weighted by atomic mass is 32.2. The van der Waals surface area contributed by atoms with Crippen molar-refractivity contribution < 1.29 is 0 Å². The minimum Gasteiger partial charge on any atom is -0.396 e. The summed E-state index contributed by atoms with van der Waals surface area (Å²) in [5.41, 5.74) is 20.0. The molecular weight excluding hydrogens is 503 g/mol. The number of thioether (sulfide) groups is 1. The molecule has 178 valence electrons. The Bertz CT molecular complexity index is 1630. The maximum absolute atomic E-state index is 9.29. The lowest BCUT2D eigenvalue weighted by Gasteiger charge is -2.16. The molecule has 0 unspecified atom stereocenters. The third-order valence-corrected chi connectivity index (χ3v) is 8.80. The lowest BCUT2D eigenvalue weighted by atomic mass is 10.0. The van der Waals surface area contributed by atoms with Crippen molar-refractivity contribution in [3.8, 4) is 16.5 Å². The van der Waals surface area contributed by atoms with E-state index in [4.69, 9.17) is 11.5 Å². The summed E-state index contributed by atoms with van der Waals surface area (Å²) in [5, 5.41) is 9.29. The Morgan fingerprint density at radius 1 is 1.11 bits per heavy atom. The Morgan fingerprint density at radius 2 is 1.92 bits per heavy atom. The van der Waals surface area contributed by atoms with Crippen molar-refractivity contribution in [2.45, 2.75) is 19.8 Å². The molecule has 2 aromatic heterocycles. The van der Waals surface area contributed by atoms with Gasteiger partial charge < -0.3 is 11.5 Å². The largest absolute Gasteiger partial charge is 0.396 e. The summed E-state index contributed by atoms with van der Waals surface area (Å²) in [6, 6.07) is 13.9. The normalized spacial score (nSPS) is 13.6. The van der Waals surface area contributed by atoms with Crippen molar-refractivity contribution in [3.05, 3.63) is 88.8 Å². The van der Waals surface area contributed by atoms with Gasteiger partial charge in [0.25, 0.3) is 0 Å². The van der Waals surface area contributed by atoms with Gasteiger partial charge in [-0.05, 0) is 55.2 Å². The second-order valence-corrected chi connectivity index (χ2v) is 11.0. The van der Waals surface area contributed by atoms with Crippen molar-refractivity contribution in [2.75, 3.05) is 11.5 Å². The molecule has 8 heteroatoms. The number of benzene rings is 2. The Morgan fingerprint density at radius 3 is 2.67 bits per heavy atom. The van der Waals surface area contributed by atoms with E-state index in [0.29, 0.717) is 28.0 Å². The molecule has 0 radical (unpaired) electrons. The topological polar surface area (TPSA) is 102 Å². The van der Waals surface area contributed by atoms with E-state index in [-0.39, 0.29) is 0 Å². The summed E-state index contributed by atoms with van der Waals surface area (Å²) >= 11 is 4.30. The van der Waals surface area contributed by atoms with Gasteiger partial charge in [0.15, 0.2) is 0 Å². The maximum atomic E-state index is 9.29. The van der Waals surface area contributed by atoms with Crippen LogP contribution in [0, 0.1) is 11.3 Å². The summed E-state index contributed by atoms with van der Waals surface area (Å²) < 4.78 is 9.21. The van der Waals surface area contributed by atoms with E-state index in [1.165, 1.54) is 22.2 Å². The number of nitrogens with zero attached hydrogens (tertiary/aromatic N) is 3. The molecule has 4 aromatic rings. The quantitative estimate of drug-likeness (QED) is 0.248. The molecule has 1 aliphatic carbocycles. The van der Waals surface area contributed by atoms with Crippen molar-refractivity contribution in [2.24, 2.45) is 0 Å². The first-order valence-electron chi connectivity index (χ1n) is 11.4. The second-order valence-electron chi connectivity index (χ2n) is 8.21. The molecule has 4 N–H and O–H groups in total. The van der Waals surface area contributed by atoms with Gasteiger partial charge in [-0.15, -0.1) is 11.3 Å². The molecule has 0 amide bonds. The average Bonchev–Trinajstić information content (AvgIpc) is 3.59. The van der Waals surface area contributed by atoms with Gasteiger partial charge in [-0.3, -0.25) is 0 Å². The number of allylic oxidation sites excluding steroid dienone is 5. The number of hydrogen-bond donors (Lipinski definition) is 2. The Balaban J connectivity index is 1.55. The highest BCUT2D eigenvalue weighted by Gasteiger charge is 2.24. The number of fused-ring (bicyclic) bond motifs is 1. The lowest BCUT2D eigenvalue weighted by Crippen LogP contribution is -2.02. The standard InChI is InChI=1S/C28H23N5S3/c1-3-20(19-11-7-8-17(14-19)15-29)34-16(2)23-25(30)26(31)24(28-27(23)32-36-33-28)22-13-12-21(35-22)18-9-5-4-6-10-18/h3,5,7-14H,2,4,6,30-31H2,1H3/b20-3-. The summed E-state index contributed by atoms with van der Waals surface area (Å²) in [5.74, 6) is 0. The van der Waals surface area contributed by atoms with Crippen LogP contribution in [0.1, 0.15) is 41.3 Å². The van der Waals surface area contributed by atoms with Gasteiger partial charge in [-0.25, -0.2) is 0 Å². The highest BCUT2D eigenvalue weighted by molar-refractivity contribution is 8.16. The van der Waals surface area contributed by atoms with E-state index < -0.39 is 0 Å². The first kappa shape index (κ1) is 24.1. The number of rotatable bonds is 6. The zero-order chi connectivity index (χ0) is 25.2. The van der Waals surface area contributed by atoms with Crippen molar-refractivity contribution >= 4 is 72.6 Å². The fraction of sp³-hybridized carbons (Fsp3) is 0.107. The first-order chi connectivity index (χ1) is 17.5. The molecular formula is C28H23N5S3. The van der Waals surface area contributed by atoms with E-state index in [1.54, 1.807) is 17.4 Å². The molecule has 5 nitrogen and oxygen atoms in total. The van der Waals surface area contributed by atoms with Gasteiger partial charge in [0.2, 0.25) is 0 Å². The molecule has 0 saturated heterocycles. The summed E-state index contributed by atoms with van der Waals surface area (Å²) in [4.78, 5) is 3.89. The van der Waals surface area contributed by atoms with E-state index in [2.05, 4.69) is 51.8 Å². The number of thiophene rings is 1. The van der Waals surface area contributed by atoms with Crippen LogP contribution in [0.5, 0.6) is 0 Å². The SMILES string of the molecule is C=C(S/C(=C\C)c1cccc(C#N)c1)c1c(N)c(N)c(-c2ccc(C3=CCCC=C3)s2)c2nsnc12. The van der Waals surface area contributed by atoms with E-state index in [1.807, 2.05) is 31.2 Å². The molecule has 0 bridgehead atoms. The van der Waals surface area contributed by atoms with Crippen LogP contribution in [0.4, 0.5) is 11.4 Å². The monoisotopic (exact) mass is 525 g/mol. The molecule has 2 heterocycles. The second kappa shape index (κ2) is 10.2. The van der Waals surface area contributed by atoms with Crippen molar-refractivity contribution in [1.82, 2.24) is 8.75 Å². The zero-order valence-electron chi connectivity index (χ0n) is 19.6. The van der Waals surface area contributed by atoms with Gasteiger partial charge >= 0.3 is 0 Å². The van der Waals surface area contributed by atoms with Crippen LogP contribution < -0.4 is 11.5 Å². The smallest absolute Gasteiger partial charge is 0.116 e. The van der Waals surface area contributed by atoms with Crippen LogP contribution in [0.3, 0.4) is 0 Å². The molecule has 5 rings (SSSR count). The molecule has 0 fully saturated rings. The molecule has 1 aliphatic rings. The molecule has 0 saturated carbocycles. The summed E-state index contributed by atoms with van der Waals surface area (Å²) in [6.45, 7) is 6.29. The van der Waals surface area contributed by atoms with Crippen molar-refractivity contribution in [3.63, 3.8) is 0 Å². The van der Waals surface area contributed by atoms with Gasteiger partial charge in [-0.2, -0.15) is 14.0 Å². The lowest BCUT2D eigenvalue weighted by molar-refractivity contribution is 1.04. The van der Waals surface area contributed by atoms with Crippen molar-refractivity contribution in [1.29, 1.82) is 5.26 Å². The summed E-state index contributed by atoms with van der Waals surface area (Å²) in [6.07, 6.45) is 10.8. The van der Waals surface area contributed by atoms with Crippen LogP contribution in [-0.2, 0) is 0 Å². The van der Waals surface area contributed by atoms with Gasteiger partial charge in [0.05, 0.1) is 34.7 Å². The first-order valence-corrected chi connectivity index (χ1v) is 13.7. The van der Waals surface area contributed by atoms with Gasteiger partial charge in [-0.1, -0.05) is 54.8 Å². The third kappa shape index (κ3) is 4.37. The van der Waals surface area contributed by atoms with Crippen LogP contribution in [0.15, 0.2) is 67.3 Å². The fourth-order valence-electron chi connectivity index (χ4n) is 4.21. The molecule has 0 atom stereocenters. The Labute approximate surface area is 222 Å². The zero-order valence-corrected chi connectivity index (χ0v) is 22.1. The van der Waals surface area contributed by atoms with Crippen LogP contribution in [0.2, 0.25) is 0 Å². The fourth-order valence-corrected chi connectivity index (χ4v) is 6.79. The Kier molecular flexibility index (Phi) is 6.79. The minimum atomic E-state index is 0.454. The van der Waals surface area contributed by atoms with Crippen LogP contribution in [0.25, 0.3) is 36.9 Å². The maximum Gasteiger partial charge on any atom is 0.116 e. The van der Waals surface area contributed by atoms with E-state index in [9.17, 15) is 5.26 Å². The summed E-state index contributed by atoms with van der Waals surface area (Å²) in [7, 11) is 0. The Hall–Kier alpha value is -3.64. The highest BCUT2D eigenvalue weighted by Crippen LogP contribution is 2.49. The predicted molar refractivity (Wildman–Crippen MR) is 157 cm³/mol. The van der Waals surface area contributed by atoms with Gasteiger partial charge in [0, 0.05) is 30.7 Å². The molecule has 0 aliphatic heterocycles. The number of aromatic nitrogens is 2.